The number of nitrogens with one attached hydrogen (secondary N) is 1. The fourth-order valence-corrected chi connectivity index (χ4v) is 4.40. The lowest BCUT2D eigenvalue weighted by Crippen LogP contribution is -2.30. The molecule has 0 bridgehead atoms. The number of nitrogen functional groups attached to an aromatic ring is 1. The second-order valence-electron chi connectivity index (χ2n) is 7.64. The number of H-pyrrole nitrogens is 1. The maximum Gasteiger partial charge on any atom is 0.329 e. The van der Waals surface area contributed by atoms with E-state index in [9.17, 15) is 14.4 Å². The van der Waals surface area contributed by atoms with Gasteiger partial charge in [0.15, 0.2) is 17.3 Å². The molecule has 0 saturated carbocycles. The summed E-state index contributed by atoms with van der Waals surface area (Å²) in [6.45, 7) is 5.68. The van der Waals surface area contributed by atoms with Crippen molar-refractivity contribution in [2.24, 2.45) is 5.41 Å². The molecule has 0 unspecified atom stereocenters. The number of benzene rings is 1. The van der Waals surface area contributed by atoms with Gasteiger partial charge in [0.05, 0.1) is 22.5 Å². The summed E-state index contributed by atoms with van der Waals surface area (Å²) in [5.74, 6) is 1.06. The highest BCUT2D eigenvalue weighted by atomic mass is 32.1. The number of aromatic amines is 1. The number of hydrogen-bond acceptors (Lipinski definition) is 7. The molecule has 8 nitrogen and oxygen atoms in total. The minimum atomic E-state index is -0.662. The third-order valence-corrected chi connectivity index (χ3v) is 5.76. The smallest absolute Gasteiger partial charge is 0.329 e. The zero-order valence-corrected chi connectivity index (χ0v) is 16.4. The summed E-state index contributed by atoms with van der Waals surface area (Å²) in [6, 6.07) is 5.36. The van der Waals surface area contributed by atoms with Gasteiger partial charge in [-0.3, -0.25) is 19.1 Å². The molecule has 1 aliphatic rings. The summed E-state index contributed by atoms with van der Waals surface area (Å²) >= 11 is 1.07. The Morgan fingerprint density at radius 3 is 2.68 bits per heavy atom. The van der Waals surface area contributed by atoms with Crippen LogP contribution in [0, 0.1) is 5.41 Å². The van der Waals surface area contributed by atoms with Crippen LogP contribution >= 0.6 is 11.3 Å². The normalized spacial score (nSPS) is 13.2. The highest BCUT2D eigenvalue weighted by molar-refractivity contribution is 7.21. The Morgan fingerprint density at radius 1 is 1.25 bits per heavy atom. The molecule has 0 aliphatic carbocycles. The fourth-order valence-electron chi connectivity index (χ4n) is 3.03. The second-order valence-corrected chi connectivity index (χ2v) is 8.64. The Labute approximate surface area is 163 Å². The number of hydrogen-bond donors (Lipinski definition) is 2. The lowest BCUT2D eigenvalue weighted by molar-refractivity contribution is 0.0863. The van der Waals surface area contributed by atoms with Crippen LogP contribution in [-0.4, -0.2) is 22.1 Å². The molecule has 3 aromatic rings. The summed E-state index contributed by atoms with van der Waals surface area (Å²) in [6.07, 6.45) is 0. The fraction of sp³-hybridized carbons (Fsp3) is 0.316. The number of nitrogens with two attached hydrogens (primary N) is 1. The number of thiophene rings is 1. The first kappa shape index (κ1) is 18.3. The van der Waals surface area contributed by atoms with E-state index in [-0.39, 0.29) is 35.1 Å². The largest absolute Gasteiger partial charge is 0.454 e. The highest BCUT2D eigenvalue weighted by Gasteiger charge is 2.29. The SMILES string of the molecule is CC(C)(C)C(=O)c1sc2c(c1N)c(=O)[nH]c(=O)n2Cc1ccc2c(c1)OCO2. The number of Topliss-reactive ketones (excluding diaryl/α,β-unsaturated/α-hetero) is 1. The van der Waals surface area contributed by atoms with Crippen molar-refractivity contribution in [1.29, 1.82) is 0 Å². The number of ether oxygens (including phenoxy) is 2. The topological polar surface area (TPSA) is 116 Å². The maximum atomic E-state index is 12.8. The maximum absolute atomic E-state index is 12.8. The van der Waals surface area contributed by atoms with E-state index in [4.69, 9.17) is 15.2 Å². The van der Waals surface area contributed by atoms with E-state index in [1.54, 1.807) is 32.9 Å². The molecule has 0 radical (unpaired) electrons. The molecule has 4 rings (SSSR count). The van der Waals surface area contributed by atoms with E-state index in [1.807, 2.05) is 6.07 Å². The van der Waals surface area contributed by atoms with Gasteiger partial charge >= 0.3 is 5.69 Å². The van der Waals surface area contributed by atoms with Crippen molar-refractivity contribution < 1.29 is 14.3 Å². The van der Waals surface area contributed by atoms with E-state index in [0.29, 0.717) is 16.3 Å². The minimum absolute atomic E-state index is 0.112. The molecule has 1 aliphatic heterocycles. The summed E-state index contributed by atoms with van der Waals surface area (Å²) in [7, 11) is 0. The van der Waals surface area contributed by atoms with Crippen LogP contribution in [0.1, 0.15) is 36.0 Å². The Hall–Kier alpha value is -3.07. The van der Waals surface area contributed by atoms with Crippen molar-refractivity contribution in [3.63, 3.8) is 0 Å². The molecule has 146 valence electrons. The van der Waals surface area contributed by atoms with Crippen LogP contribution in [0.2, 0.25) is 0 Å². The first-order valence-corrected chi connectivity index (χ1v) is 9.47. The van der Waals surface area contributed by atoms with Gasteiger partial charge in [-0.2, -0.15) is 0 Å². The van der Waals surface area contributed by atoms with Gasteiger partial charge in [0.2, 0.25) is 6.79 Å². The zero-order valence-electron chi connectivity index (χ0n) is 15.6. The van der Waals surface area contributed by atoms with Crippen molar-refractivity contribution in [2.45, 2.75) is 27.3 Å². The lowest BCUT2D eigenvalue weighted by atomic mass is 9.89. The van der Waals surface area contributed by atoms with Gasteiger partial charge < -0.3 is 15.2 Å². The molecule has 0 amide bonds. The average molecular weight is 401 g/mol. The molecule has 0 atom stereocenters. The van der Waals surface area contributed by atoms with Gasteiger partial charge in [0, 0.05) is 5.41 Å². The molecule has 1 aromatic carbocycles. The Kier molecular flexibility index (Phi) is 4.07. The summed E-state index contributed by atoms with van der Waals surface area (Å²) < 4.78 is 12.1. The van der Waals surface area contributed by atoms with Crippen LogP contribution in [0.25, 0.3) is 10.2 Å². The number of carbonyl (C=O) groups is 1. The molecule has 28 heavy (non-hydrogen) atoms. The van der Waals surface area contributed by atoms with Gasteiger partial charge in [-0.15, -0.1) is 11.3 Å². The summed E-state index contributed by atoms with van der Waals surface area (Å²) in [4.78, 5) is 40.6. The summed E-state index contributed by atoms with van der Waals surface area (Å²) in [5, 5.41) is 0.165. The van der Waals surface area contributed by atoms with Crippen LogP contribution in [-0.2, 0) is 6.54 Å². The minimum Gasteiger partial charge on any atom is -0.454 e. The zero-order chi connectivity index (χ0) is 20.2. The predicted molar refractivity (Wildman–Crippen MR) is 107 cm³/mol. The Morgan fingerprint density at radius 2 is 1.96 bits per heavy atom. The van der Waals surface area contributed by atoms with E-state index >= 15 is 0 Å². The molecular formula is C19H19N3O5S. The van der Waals surface area contributed by atoms with Crippen LogP contribution in [0.3, 0.4) is 0 Å². The number of anilines is 1. The lowest BCUT2D eigenvalue weighted by Gasteiger charge is -2.15. The Bertz CT molecular complexity index is 1230. The van der Waals surface area contributed by atoms with Gasteiger partial charge in [-0.05, 0) is 17.7 Å². The van der Waals surface area contributed by atoms with E-state index in [2.05, 4.69) is 4.98 Å². The van der Waals surface area contributed by atoms with Crippen molar-refractivity contribution in [3.05, 3.63) is 49.5 Å². The van der Waals surface area contributed by atoms with Gasteiger partial charge in [0.25, 0.3) is 5.56 Å². The van der Waals surface area contributed by atoms with Crippen molar-refractivity contribution in [3.8, 4) is 11.5 Å². The molecule has 0 spiro atoms. The van der Waals surface area contributed by atoms with E-state index in [1.165, 1.54) is 4.57 Å². The van der Waals surface area contributed by atoms with Gasteiger partial charge in [-0.1, -0.05) is 26.8 Å². The van der Waals surface area contributed by atoms with Gasteiger partial charge in [0.1, 0.15) is 4.83 Å². The van der Waals surface area contributed by atoms with E-state index < -0.39 is 16.7 Å². The molecule has 3 N–H and O–H groups in total. The first-order chi connectivity index (χ1) is 13.2. The third-order valence-electron chi connectivity index (χ3n) is 4.53. The van der Waals surface area contributed by atoms with Crippen molar-refractivity contribution in [2.75, 3.05) is 12.5 Å². The number of fused-ring (bicyclic) bond motifs is 2. The summed E-state index contributed by atoms with van der Waals surface area (Å²) in [5.41, 5.74) is 5.22. The quantitative estimate of drug-likeness (QED) is 0.651. The molecule has 9 heteroatoms. The molecule has 0 saturated heterocycles. The molecular weight excluding hydrogens is 382 g/mol. The average Bonchev–Trinajstić information content (AvgIpc) is 3.21. The van der Waals surface area contributed by atoms with E-state index in [0.717, 1.165) is 16.9 Å². The van der Waals surface area contributed by atoms with Crippen molar-refractivity contribution in [1.82, 2.24) is 9.55 Å². The van der Waals surface area contributed by atoms with Crippen LogP contribution in [0.5, 0.6) is 11.5 Å². The van der Waals surface area contributed by atoms with Crippen LogP contribution < -0.4 is 26.5 Å². The van der Waals surface area contributed by atoms with Crippen LogP contribution in [0.15, 0.2) is 27.8 Å². The highest BCUT2D eigenvalue weighted by Crippen LogP contribution is 2.36. The molecule has 2 aromatic heterocycles. The van der Waals surface area contributed by atoms with Crippen molar-refractivity contribution >= 4 is 33.0 Å². The second kappa shape index (κ2) is 6.23. The monoisotopic (exact) mass is 401 g/mol. The van der Waals surface area contributed by atoms with Gasteiger partial charge in [-0.25, -0.2) is 4.79 Å². The number of carbonyl (C=O) groups excluding carboxylic acids is 1. The number of aromatic nitrogens is 2. The van der Waals surface area contributed by atoms with Crippen LogP contribution in [0.4, 0.5) is 5.69 Å². The number of rotatable bonds is 3. The number of ketones is 1. The first-order valence-electron chi connectivity index (χ1n) is 8.65. The molecule has 3 heterocycles. The number of nitrogens with zero attached hydrogens (tertiary/aromatic N) is 1. The third kappa shape index (κ3) is 2.88. The molecule has 0 fully saturated rings. The Balaban J connectivity index is 1.88. The standard InChI is InChI=1S/C19H19N3O5S/c1-19(2,3)15(23)14-13(20)12-16(24)21-18(25)22(17(12)28-14)7-9-4-5-10-11(6-9)27-8-26-10/h4-6H,7-8,20H2,1-3H3,(H,21,24,25). The predicted octanol–water partition coefficient (Wildman–Crippen LogP) is 2.34.